The Balaban J connectivity index is 2.54. The maximum absolute atomic E-state index is 3.61. The molecule has 1 N–H and O–H groups in total. The molecule has 3 atom stereocenters. The summed E-state index contributed by atoms with van der Waals surface area (Å²) < 4.78 is 0. The lowest BCUT2D eigenvalue weighted by atomic mass is 9.83. The second kappa shape index (κ2) is 8.16. The summed E-state index contributed by atoms with van der Waals surface area (Å²) in [4.78, 5) is 2.68. The highest BCUT2D eigenvalue weighted by molar-refractivity contribution is 4.85. The van der Waals surface area contributed by atoms with Crippen LogP contribution in [0.3, 0.4) is 0 Å². The number of likely N-dealkylation sites (N-methyl/N-ethyl adjacent to an activating group) is 1. The van der Waals surface area contributed by atoms with Gasteiger partial charge in [-0.05, 0) is 44.7 Å². The van der Waals surface area contributed by atoms with E-state index < -0.39 is 0 Å². The van der Waals surface area contributed by atoms with Gasteiger partial charge in [0.2, 0.25) is 0 Å². The molecule has 0 aliphatic heterocycles. The van der Waals surface area contributed by atoms with Gasteiger partial charge in [-0.1, -0.05) is 40.5 Å². The van der Waals surface area contributed by atoms with Gasteiger partial charge in [0.25, 0.3) is 0 Å². The van der Waals surface area contributed by atoms with Crippen molar-refractivity contribution in [1.29, 1.82) is 0 Å². The topological polar surface area (TPSA) is 15.3 Å². The van der Waals surface area contributed by atoms with E-state index in [4.69, 9.17) is 0 Å². The van der Waals surface area contributed by atoms with Crippen LogP contribution in [0.25, 0.3) is 0 Å². The lowest BCUT2D eigenvalue weighted by molar-refractivity contribution is 0.0739. The second-order valence-electron chi connectivity index (χ2n) is 6.51. The Labute approximate surface area is 115 Å². The SMILES string of the molecule is CCCNCC(C(C)C)N(C)C1CCCCC1C. The molecule has 0 aromatic heterocycles. The van der Waals surface area contributed by atoms with Gasteiger partial charge in [-0.15, -0.1) is 0 Å². The van der Waals surface area contributed by atoms with Gasteiger partial charge < -0.3 is 5.32 Å². The molecule has 1 rings (SSSR count). The Kier molecular flexibility index (Phi) is 7.25. The van der Waals surface area contributed by atoms with Crippen molar-refractivity contribution in [3.05, 3.63) is 0 Å². The lowest BCUT2D eigenvalue weighted by Gasteiger charge is -2.42. The third-order valence-corrected chi connectivity index (χ3v) is 4.66. The van der Waals surface area contributed by atoms with Crippen molar-refractivity contribution in [2.24, 2.45) is 11.8 Å². The first-order valence-corrected chi connectivity index (χ1v) is 8.00. The fraction of sp³-hybridized carbons (Fsp3) is 1.00. The van der Waals surface area contributed by atoms with Crippen LogP contribution in [0.2, 0.25) is 0 Å². The molecule has 1 aliphatic carbocycles. The molecule has 0 saturated heterocycles. The number of nitrogens with one attached hydrogen (secondary N) is 1. The van der Waals surface area contributed by atoms with Gasteiger partial charge in [-0.2, -0.15) is 0 Å². The van der Waals surface area contributed by atoms with Crippen molar-refractivity contribution in [2.75, 3.05) is 20.1 Å². The third kappa shape index (κ3) is 4.55. The lowest BCUT2D eigenvalue weighted by Crippen LogP contribution is -2.51. The molecular formula is C16H34N2. The maximum Gasteiger partial charge on any atom is 0.0243 e. The zero-order valence-corrected chi connectivity index (χ0v) is 13.2. The van der Waals surface area contributed by atoms with Crippen molar-refractivity contribution in [3.8, 4) is 0 Å². The number of nitrogens with zero attached hydrogens (tertiary/aromatic N) is 1. The summed E-state index contributed by atoms with van der Waals surface area (Å²) in [6.07, 6.45) is 6.91. The molecule has 2 nitrogen and oxygen atoms in total. The van der Waals surface area contributed by atoms with Crippen LogP contribution < -0.4 is 5.32 Å². The minimum atomic E-state index is 0.682. The predicted molar refractivity (Wildman–Crippen MR) is 81.0 cm³/mol. The summed E-state index contributed by atoms with van der Waals surface area (Å²) in [7, 11) is 2.35. The van der Waals surface area contributed by atoms with E-state index in [1.165, 1.54) is 32.1 Å². The van der Waals surface area contributed by atoms with E-state index in [9.17, 15) is 0 Å². The van der Waals surface area contributed by atoms with E-state index >= 15 is 0 Å². The average Bonchev–Trinajstić information content (AvgIpc) is 2.34. The summed E-state index contributed by atoms with van der Waals surface area (Å²) in [6, 6.07) is 1.48. The molecule has 1 saturated carbocycles. The summed E-state index contributed by atoms with van der Waals surface area (Å²) in [5, 5.41) is 3.61. The normalized spacial score (nSPS) is 26.8. The Morgan fingerprint density at radius 3 is 2.44 bits per heavy atom. The first-order chi connectivity index (χ1) is 8.57. The summed E-state index contributed by atoms with van der Waals surface area (Å²) in [6.45, 7) is 11.7. The molecule has 0 amide bonds. The number of hydrogen-bond acceptors (Lipinski definition) is 2. The molecule has 0 aromatic rings. The zero-order valence-electron chi connectivity index (χ0n) is 13.2. The smallest absolute Gasteiger partial charge is 0.0243 e. The molecule has 18 heavy (non-hydrogen) atoms. The summed E-state index contributed by atoms with van der Waals surface area (Å²) >= 11 is 0. The Morgan fingerprint density at radius 2 is 1.89 bits per heavy atom. The minimum Gasteiger partial charge on any atom is -0.315 e. The Morgan fingerprint density at radius 1 is 1.22 bits per heavy atom. The van der Waals surface area contributed by atoms with Crippen LogP contribution in [-0.4, -0.2) is 37.1 Å². The first kappa shape index (κ1) is 16.0. The van der Waals surface area contributed by atoms with E-state index in [0.29, 0.717) is 6.04 Å². The molecular weight excluding hydrogens is 220 g/mol. The molecule has 1 fully saturated rings. The Bertz CT molecular complexity index is 215. The van der Waals surface area contributed by atoms with Crippen molar-refractivity contribution >= 4 is 0 Å². The molecule has 0 radical (unpaired) electrons. The van der Waals surface area contributed by atoms with Crippen molar-refractivity contribution in [1.82, 2.24) is 10.2 Å². The quantitative estimate of drug-likeness (QED) is 0.699. The van der Waals surface area contributed by atoms with Crippen LogP contribution in [0.4, 0.5) is 0 Å². The Hall–Kier alpha value is -0.0800. The molecule has 0 spiro atoms. The molecule has 3 unspecified atom stereocenters. The average molecular weight is 254 g/mol. The van der Waals surface area contributed by atoms with E-state index in [1.54, 1.807) is 0 Å². The van der Waals surface area contributed by atoms with Crippen LogP contribution in [0.15, 0.2) is 0 Å². The first-order valence-electron chi connectivity index (χ1n) is 8.00. The van der Waals surface area contributed by atoms with Crippen molar-refractivity contribution in [2.45, 2.75) is 71.9 Å². The number of hydrogen-bond donors (Lipinski definition) is 1. The fourth-order valence-electron chi connectivity index (χ4n) is 3.42. The van der Waals surface area contributed by atoms with Crippen LogP contribution in [0.1, 0.15) is 59.8 Å². The van der Waals surface area contributed by atoms with E-state index in [0.717, 1.165) is 31.0 Å². The highest BCUT2D eigenvalue weighted by Crippen LogP contribution is 2.29. The second-order valence-corrected chi connectivity index (χ2v) is 6.51. The summed E-state index contributed by atoms with van der Waals surface area (Å²) in [5.74, 6) is 1.60. The van der Waals surface area contributed by atoms with Crippen LogP contribution in [-0.2, 0) is 0 Å². The molecule has 0 heterocycles. The van der Waals surface area contributed by atoms with Crippen LogP contribution in [0, 0.1) is 11.8 Å². The predicted octanol–water partition coefficient (Wildman–Crippen LogP) is 3.52. The van der Waals surface area contributed by atoms with Gasteiger partial charge in [0, 0.05) is 18.6 Å². The van der Waals surface area contributed by atoms with Gasteiger partial charge in [-0.3, -0.25) is 4.90 Å². The summed E-state index contributed by atoms with van der Waals surface area (Å²) in [5.41, 5.74) is 0. The van der Waals surface area contributed by atoms with Gasteiger partial charge >= 0.3 is 0 Å². The molecule has 108 valence electrons. The number of rotatable bonds is 7. The molecule has 1 aliphatic rings. The standard InChI is InChI=1S/C16H34N2/c1-6-11-17-12-16(13(2)3)18(5)15-10-8-7-9-14(15)4/h13-17H,6-12H2,1-5H3. The minimum absolute atomic E-state index is 0.682. The molecule has 0 bridgehead atoms. The van der Waals surface area contributed by atoms with E-state index in [-0.39, 0.29) is 0 Å². The zero-order chi connectivity index (χ0) is 13.5. The van der Waals surface area contributed by atoms with Crippen LogP contribution >= 0.6 is 0 Å². The van der Waals surface area contributed by atoms with Crippen molar-refractivity contribution in [3.63, 3.8) is 0 Å². The van der Waals surface area contributed by atoms with Gasteiger partial charge in [0.15, 0.2) is 0 Å². The van der Waals surface area contributed by atoms with Gasteiger partial charge in [0.1, 0.15) is 0 Å². The van der Waals surface area contributed by atoms with Gasteiger partial charge in [-0.25, -0.2) is 0 Å². The van der Waals surface area contributed by atoms with E-state index in [2.05, 4.69) is 45.0 Å². The largest absolute Gasteiger partial charge is 0.315 e. The highest BCUT2D eigenvalue weighted by atomic mass is 15.2. The molecule has 2 heteroatoms. The van der Waals surface area contributed by atoms with Gasteiger partial charge in [0.05, 0.1) is 0 Å². The highest BCUT2D eigenvalue weighted by Gasteiger charge is 2.30. The van der Waals surface area contributed by atoms with Crippen molar-refractivity contribution < 1.29 is 0 Å². The van der Waals surface area contributed by atoms with E-state index in [1.807, 2.05) is 0 Å². The van der Waals surface area contributed by atoms with Crippen LogP contribution in [0.5, 0.6) is 0 Å². The molecule has 0 aromatic carbocycles. The maximum atomic E-state index is 3.61. The monoisotopic (exact) mass is 254 g/mol. The third-order valence-electron chi connectivity index (χ3n) is 4.66. The fourth-order valence-corrected chi connectivity index (χ4v) is 3.42.